The molecular formula is C3H3N3O. The molecule has 0 radical (unpaired) electrons. The van der Waals surface area contributed by atoms with Crippen LogP contribution < -0.4 is 0 Å². The van der Waals surface area contributed by atoms with Crippen molar-refractivity contribution in [2.24, 2.45) is 5.11 Å². The lowest BCUT2D eigenvalue weighted by Crippen LogP contribution is -1.52. The predicted molar refractivity (Wildman–Crippen MR) is 24.3 cm³/mol. The highest BCUT2D eigenvalue weighted by molar-refractivity contribution is 5.64. The van der Waals surface area contributed by atoms with Crippen LogP contribution in [0.5, 0.6) is 0 Å². The number of rotatable bonds is 2. The summed E-state index contributed by atoms with van der Waals surface area (Å²) in [6.07, 6.45) is 2.72. The molecule has 0 heterocycles. The van der Waals surface area contributed by atoms with Gasteiger partial charge in [0.1, 0.15) is 6.29 Å². The van der Waals surface area contributed by atoms with Gasteiger partial charge < -0.3 is 0 Å². The zero-order valence-corrected chi connectivity index (χ0v) is 3.48. The van der Waals surface area contributed by atoms with Gasteiger partial charge in [0.2, 0.25) is 0 Å². The van der Waals surface area contributed by atoms with Crippen LogP contribution in [0.3, 0.4) is 0 Å². The first-order valence-corrected chi connectivity index (χ1v) is 1.56. The van der Waals surface area contributed by atoms with Gasteiger partial charge in [0.25, 0.3) is 0 Å². The normalized spacial score (nSPS) is 8.00. The van der Waals surface area contributed by atoms with E-state index in [0.29, 0.717) is 6.29 Å². The molecule has 0 spiro atoms. The van der Waals surface area contributed by atoms with E-state index in [1.165, 1.54) is 0 Å². The Kier molecular flexibility index (Phi) is 3.86. The molecule has 4 nitrogen and oxygen atoms in total. The van der Waals surface area contributed by atoms with Gasteiger partial charge in [-0.05, 0) is 11.6 Å². The lowest BCUT2D eigenvalue weighted by atomic mass is 10.7. The molecule has 0 aromatic heterocycles. The molecule has 0 aliphatic carbocycles. The van der Waals surface area contributed by atoms with E-state index in [1.807, 2.05) is 0 Å². The molecule has 0 aliphatic heterocycles. The van der Waals surface area contributed by atoms with Crippen LogP contribution in [0.4, 0.5) is 0 Å². The number of carbonyl (C=O) groups is 1. The molecule has 0 bridgehead atoms. The second kappa shape index (κ2) is 4.72. The van der Waals surface area contributed by atoms with Gasteiger partial charge in [-0.1, -0.05) is 5.11 Å². The Labute approximate surface area is 40.1 Å². The van der Waals surface area contributed by atoms with Gasteiger partial charge in [-0.25, -0.2) is 0 Å². The summed E-state index contributed by atoms with van der Waals surface area (Å²) in [5, 5.41) is 2.93. The first-order valence-electron chi connectivity index (χ1n) is 1.56. The standard InChI is InChI=1S/C3H3N3O/c4-6-5-2-1-3-7/h1-3H. The number of hydrogen-bond acceptors (Lipinski definition) is 2. The molecule has 0 aromatic carbocycles. The number of carbonyl (C=O) groups excluding carboxylic acids is 1. The maximum Gasteiger partial charge on any atom is 0.142 e. The molecule has 0 unspecified atom stereocenters. The average molecular weight is 97.1 g/mol. The number of nitrogens with zero attached hydrogens (tertiary/aromatic N) is 3. The summed E-state index contributed by atoms with van der Waals surface area (Å²) in [5.74, 6) is 0. The molecule has 0 fully saturated rings. The fourth-order valence-corrected chi connectivity index (χ4v) is 0.103. The summed E-state index contributed by atoms with van der Waals surface area (Å²) in [4.78, 5) is 11.8. The molecule has 0 aliphatic rings. The van der Waals surface area contributed by atoms with Crippen molar-refractivity contribution < 1.29 is 4.79 Å². The smallest absolute Gasteiger partial charge is 0.142 e. The Balaban J connectivity index is 3.47. The summed E-state index contributed by atoms with van der Waals surface area (Å²) in [6, 6.07) is 0. The largest absolute Gasteiger partial charge is 0.299 e. The number of aldehydes is 1. The van der Waals surface area contributed by atoms with E-state index in [-0.39, 0.29) is 0 Å². The number of azide groups is 1. The van der Waals surface area contributed by atoms with Crippen molar-refractivity contribution in [2.75, 3.05) is 0 Å². The monoisotopic (exact) mass is 97.0 g/mol. The summed E-state index contributed by atoms with van der Waals surface area (Å²) in [6.45, 7) is 0. The minimum Gasteiger partial charge on any atom is -0.299 e. The molecule has 0 saturated carbocycles. The van der Waals surface area contributed by atoms with Gasteiger partial charge in [-0.15, -0.1) is 0 Å². The summed E-state index contributed by atoms with van der Waals surface area (Å²) in [7, 11) is 0. The minimum atomic E-state index is 0.536. The summed E-state index contributed by atoms with van der Waals surface area (Å²) in [5.41, 5.74) is 7.58. The predicted octanol–water partition coefficient (Wildman–Crippen LogP) is 1.01. The lowest BCUT2D eigenvalue weighted by Gasteiger charge is -1.56. The molecule has 0 aromatic rings. The number of hydrogen-bond donors (Lipinski definition) is 0. The zero-order chi connectivity index (χ0) is 5.54. The molecule has 0 rings (SSSR count). The Morgan fingerprint density at radius 3 is 2.86 bits per heavy atom. The van der Waals surface area contributed by atoms with E-state index >= 15 is 0 Å². The fourth-order valence-electron chi connectivity index (χ4n) is 0.103. The second-order valence-electron chi connectivity index (χ2n) is 0.683. The minimum absolute atomic E-state index is 0.536. The fraction of sp³-hybridized carbons (Fsp3) is 0. The Morgan fingerprint density at radius 1 is 1.71 bits per heavy atom. The van der Waals surface area contributed by atoms with Crippen LogP contribution in [-0.2, 0) is 4.79 Å². The van der Waals surface area contributed by atoms with Crippen LogP contribution in [0, 0.1) is 0 Å². The van der Waals surface area contributed by atoms with Crippen LogP contribution in [0.15, 0.2) is 17.4 Å². The van der Waals surface area contributed by atoms with Crippen molar-refractivity contribution >= 4 is 6.29 Å². The maximum absolute atomic E-state index is 9.41. The first-order chi connectivity index (χ1) is 3.41. The van der Waals surface area contributed by atoms with Crippen LogP contribution in [0.2, 0.25) is 0 Å². The SMILES string of the molecule is [N-]=[N+]=NC=CC=O. The highest BCUT2D eigenvalue weighted by atomic mass is 16.1. The molecule has 0 N–H and O–H groups in total. The van der Waals surface area contributed by atoms with Crippen molar-refractivity contribution in [1.82, 2.24) is 0 Å². The van der Waals surface area contributed by atoms with E-state index in [4.69, 9.17) is 5.53 Å². The van der Waals surface area contributed by atoms with Gasteiger partial charge in [0.15, 0.2) is 0 Å². The van der Waals surface area contributed by atoms with Crippen molar-refractivity contribution in [1.29, 1.82) is 0 Å². The molecule has 0 amide bonds. The Bertz CT molecular complexity index is 122. The van der Waals surface area contributed by atoms with Crippen molar-refractivity contribution in [3.8, 4) is 0 Å². The van der Waals surface area contributed by atoms with E-state index < -0.39 is 0 Å². The van der Waals surface area contributed by atoms with E-state index in [9.17, 15) is 4.79 Å². The van der Waals surface area contributed by atoms with Crippen LogP contribution in [-0.4, -0.2) is 6.29 Å². The molecule has 0 saturated heterocycles. The quantitative estimate of drug-likeness (QED) is 0.167. The third kappa shape index (κ3) is 4.72. The molecule has 4 heteroatoms. The summed E-state index contributed by atoms with van der Waals surface area (Å²) < 4.78 is 0. The average Bonchev–Trinajstić information content (AvgIpc) is 1.69. The topological polar surface area (TPSA) is 65.8 Å². The van der Waals surface area contributed by atoms with Gasteiger partial charge >= 0.3 is 0 Å². The summed E-state index contributed by atoms with van der Waals surface area (Å²) >= 11 is 0. The number of allylic oxidation sites excluding steroid dienone is 1. The highest BCUT2D eigenvalue weighted by Crippen LogP contribution is 1.68. The van der Waals surface area contributed by atoms with Gasteiger partial charge in [0, 0.05) is 11.1 Å². The Hall–Kier alpha value is -1.28. The molecule has 7 heavy (non-hydrogen) atoms. The van der Waals surface area contributed by atoms with Gasteiger partial charge in [-0.2, -0.15) is 0 Å². The van der Waals surface area contributed by atoms with Gasteiger partial charge in [-0.3, -0.25) is 4.79 Å². The molecule has 0 atom stereocenters. The van der Waals surface area contributed by atoms with Crippen molar-refractivity contribution in [3.05, 3.63) is 22.7 Å². The van der Waals surface area contributed by atoms with E-state index in [0.717, 1.165) is 12.3 Å². The van der Waals surface area contributed by atoms with Crippen LogP contribution in [0.25, 0.3) is 10.4 Å². The zero-order valence-electron chi connectivity index (χ0n) is 3.48. The second-order valence-corrected chi connectivity index (χ2v) is 0.683. The third-order valence-corrected chi connectivity index (χ3v) is 0.283. The van der Waals surface area contributed by atoms with Crippen molar-refractivity contribution in [3.63, 3.8) is 0 Å². The first kappa shape index (κ1) is 5.72. The Morgan fingerprint density at radius 2 is 2.43 bits per heavy atom. The van der Waals surface area contributed by atoms with Crippen molar-refractivity contribution in [2.45, 2.75) is 0 Å². The molecule has 36 valence electrons. The van der Waals surface area contributed by atoms with Crippen LogP contribution in [0.1, 0.15) is 0 Å². The van der Waals surface area contributed by atoms with Gasteiger partial charge in [0.05, 0.1) is 0 Å². The van der Waals surface area contributed by atoms with E-state index in [2.05, 4.69) is 10.0 Å². The highest BCUT2D eigenvalue weighted by Gasteiger charge is 1.55. The van der Waals surface area contributed by atoms with E-state index in [1.54, 1.807) is 0 Å². The lowest BCUT2D eigenvalue weighted by molar-refractivity contribution is -0.104. The molecular weight excluding hydrogens is 94.1 g/mol. The third-order valence-electron chi connectivity index (χ3n) is 0.283. The maximum atomic E-state index is 9.41. The van der Waals surface area contributed by atoms with Crippen LogP contribution >= 0.6 is 0 Å².